The monoisotopic (exact) mass is 342 g/mol. The Morgan fingerprint density at radius 1 is 0.885 bits per heavy atom. The Labute approximate surface area is 151 Å². The molecule has 1 aromatic heterocycles. The van der Waals surface area contributed by atoms with Crippen molar-refractivity contribution in [1.82, 2.24) is 9.78 Å². The molecule has 1 heterocycles. The minimum atomic E-state index is -0.291. The number of hydrogen-bond donors (Lipinski definition) is 2. The summed E-state index contributed by atoms with van der Waals surface area (Å²) in [4.78, 5) is 12.3. The van der Waals surface area contributed by atoms with Crippen molar-refractivity contribution in [2.24, 2.45) is 0 Å². The van der Waals surface area contributed by atoms with E-state index in [2.05, 4.69) is 15.7 Å². The van der Waals surface area contributed by atoms with E-state index in [1.807, 2.05) is 79.0 Å². The highest BCUT2D eigenvalue weighted by Gasteiger charge is 2.07. The van der Waals surface area contributed by atoms with Crippen molar-refractivity contribution in [2.45, 2.75) is 6.54 Å². The maximum absolute atomic E-state index is 12.3. The van der Waals surface area contributed by atoms with Crippen molar-refractivity contribution in [3.63, 3.8) is 0 Å². The first-order chi connectivity index (χ1) is 12.8. The molecule has 0 atom stereocenters. The third-order valence-corrected chi connectivity index (χ3v) is 4.12. The van der Waals surface area contributed by atoms with Gasteiger partial charge in [0.15, 0.2) is 0 Å². The predicted molar refractivity (Wildman–Crippen MR) is 104 cm³/mol. The molecule has 0 unspecified atom stereocenters. The molecule has 0 fully saturated rings. The molecule has 2 amide bonds. The summed E-state index contributed by atoms with van der Waals surface area (Å²) in [6.07, 6.45) is 3.46. The van der Waals surface area contributed by atoms with Crippen LogP contribution < -0.4 is 10.6 Å². The zero-order valence-corrected chi connectivity index (χ0v) is 14.1. The third kappa shape index (κ3) is 3.57. The average molecular weight is 342 g/mol. The van der Waals surface area contributed by atoms with E-state index in [4.69, 9.17) is 0 Å². The Bertz CT molecular complexity index is 1030. The summed E-state index contributed by atoms with van der Waals surface area (Å²) in [6, 6.07) is 23.6. The van der Waals surface area contributed by atoms with E-state index < -0.39 is 0 Å². The van der Waals surface area contributed by atoms with E-state index in [9.17, 15) is 4.79 Å². The number of benzene rings is 3. The molecular weight excluding hydrogens is 324 g/mol. The number of fused-ring (bicyclic) bond motifs is 1. The van der Waals surface area contributed by atoms with Crippen molar-refractivity contribution in [3.8, 4) is 0 Å². The molecule has 2 N–H and O–H groups in total. The van der Waals surface area contributed by atoms with Gasteiger partial charge in [0.2, 0.25) is 0 Å². The molecular formula is C21H18N4O. The molecule has 0 radical (unpaired) electrons. The molecule has 0 saturated carbocycles. The summed E-state index contributed by atoms with van der Waals surface area (Å²) in [5.41, 5.74) is 2.58. The number of hydrogen-bond acceptors (Lipinski definition) is 2. The number of aromatic nitrogens is 2. The summed E-state index contributed by atoms with van der Waals surface area (Å²) in [5, 5.41) is 12.1. The molecule has 5 heteroatoms. The summed E-state index contributed by atoms with van der Waals surface area (Å²) >= 11 is 0. The first kappa shape index (κ1) is 15.9. The lowest BCUT2D eigenvalue weighted by Crippen LogP contribution is -2.19. The molecule has 5 nitrogen and oxygen atoms in total. The van der Waals surface area contributed by atoms with Gasteiger partial charge in [-0.25, -0.2) is 4.79 Å². The molecule has 0 aliphatic heterocycles. The lowest BCUT2D eigenvalue weighted by atomic mass is 10.1. The number of rotatable bonds is 4. The van der Waals surface area contributed by atoms with Gasteiger partial charge in [0.05, 0.1) is 24.1 Å². The van der Waals surface area contributed by atoms with Crippen LogP contribution in [0.4, 0.5) is 16.2 Å². The van der Waals surface area contributed by atoms with Gasteiger partial charge < -0.3 is 10.6 Å². The van der Waals surface area contributed by atoms with Gasteiger partial charge in [0, 0.05) is 11.6 Å². The molecule has 4 aromatic rings. The van der Waals surface area contributed by atoms with Gasteiger partial charge in [-0.15, -0.1) is 0 Å². The zero-order chi connectivity index (χ0) is 17.8. The molecule has 26 heavy (non-hydrogen) atoms. The smallest absolute Gasteiger partial charge is 0.307 e. The minimum Gasteiger partial charge on any atom is -0.307 e. The highest BCUT2D eigenvalue weighted by Crippen LogP contribution is 2.23. The van der Waals surface area contributed by atoms with Gasteiger partial charge >= 0.3 is 6.03 Å². The number of carbonyl (C=O) groups excluding carboxylic acids is 1. The quantitative estimate of drug-likeness (QED) is 0.563. The molecule has 0 aliphatic carbocycles. The maximum Gasteiger partial charge on any atom is 0.323 e. The van der Waals surface area contributed by atoms with Crippen molar-refractivity contribution in [2.75, 3.05) is 10.6 Å². The first-order valence-corrected chi connectivity index (χ1v) is 8.40. The average Bonchev–Trinajstić information content (AvgIpc) is 3.09. The molecule has 0 aliphatic rings. The molecule has 128 valence electrons. The second-order valence-corrected chi connectivity index (χ2v) is 6.02. The lowest BCUT2D eigenvalue weighted by molar-refractivity contribution is 0.262. The summed E-state index contributed by atoms with van der Waals surface area (Å²) in [7, 11) is 0. The van der Waals surface area contributed by atoms with Gasteiger partial charge in [0.25, 0.3) is 0 Å². The summed E-state index contributed by atoms with van der Waals surface area (Å²) in [5.74, 6) is 0. The Morgan fingerprint density at radius 2 is 1.65 bits per heavy atom. The molecule has 0 spiro atoms. The fraction of sp³-hybridized carbons (Fsp3) is 0.0476. The van der Waals surface area contributed by atoms with Crippen LogP contribution in [0.3, 0.4) is 0 Å². The highest BCUT2D eigenvalue weighted by atomic mass is 16.2. The number of nitrogens with one attached hydrogen (secondary N) is 2. The Hall–Kier alpha value is -3.60. The number of carbonyl (C=O) groups is 1. The van der Waals surface area contributed by atoms with Gasteiger partial charge in [-0.05, 0) is 17.0 Å². The van der Waals surface area contributed by atoms with E-state index >= 15 is 0 Å². The van der Waals surface area contributed by atoms with E-state index in [1.54, 1.807) is 10.9 Å². The van der Waals surface area contributed by atoms with Crippen molar-refractivity contribution < 1.29 is 4.79 Å². The van der Waals surface area contributed by atoms with Gasteiger partial charge in [0.1, 0.15) is 0 Å². The number of anilines is 2. The van der Waals surface area contributed by atoms with Crippen molar-refractivity contribution in [3.05, 3.63) is 90.8 Å². The molecule has 0 saturated heterocycles. The predicted octanol–water partition coefficient (Wildman–Crippen LogP) is 4.73. The lowest BCUT2D eigenvalue weighted by Gasteiger charge is -2.09. The van der Waals surface area contributed by atoms with Crippen LogP contribution in [0.25, 0.3) is 10.8 Å². The highest BCUT2D eigenvalue weighted by molar-refractivity contribution is 6.06. The summed E-state index contributed by atoms with van der Waals surface area (Å²) < 4.78 is 1.79. The Morgan fingerprint density at radius 3 is 2.54 bits per heavy atom. The van der Waals surface area contributed by atoms with Crippen LogP contribution in [0.5, 0.6) is 0 Å². The number of amides is 2. The van der Waals surface area contributed by atoms with Gasteiger partial charge in [-0.1, -0.05) is 66.7 Å². The topological polar surface area (TPSA) is 59.0 Å². The van der Waals surface area contributed by atoms with Crippen LogP contribution in [0.15, 0.2) is 85.2 Å². The minimum absolute atomic E-state index is 0.291. The second-order valence-electron chi connectivity index (χ2n) is 6.02. The standard InChI is InChI=1S/C21H18N4O/c26-21(24-20-12-6-10-17-9-4-5-11-19(17)20)23-18-13-22-25(15-18)14-16-7-2-1-3-8-16/h1-13,15H,14H2,(H2,23,24,26). The van der Waals surface area contributed by atoms with Crippen molar-refractivity contribution in [1.29, 1.82) is 0 Å². The number of nitrogens with zero attached hydrogens (tertiary/aromatic N) is 2. The van der Waals surface area contributed by atoms with Crippen molar-refractivity contribution >= 4 is 28.2 Å². The maximum atomic E-state index is 12.3. The second kappa shape index (κ2) is 7.11. The van der Waals surface area contributed by atoms with Gasteiger partial charge in [-0.2, -0.15) is 5.10 Å². The first-order valence-electron chi connectivity index (χ1n) is 8.40. The Kier molecular flexibility index (Phi) is 4.35. The molecule has 4 rings (SSSR count). The zero-order valence-electron chi connectivity index (χ0n) is 14.1. The van der Waals surface area contributed by atoms with Crippen LogP contribution in [0, 0.1) is 0 Å². The van der Waals surface area contributed by atoms with Crippen LogP contribution in [-0.2, 0) is 6.54 Å². The number of urea groups is 1. The fourth-order valence-electron chi connectivity index (χ4n) is 2.90. The van der Waals surface area contributed by atoms with Crippen LogP contribution in [0.2, 0.25) is 0 Å². The van der Waals surface area contributed by atoms with Gasteiger partial charge in [-0.3, -0.25) is 4.68 Å². The normalized spacial score (nSPS) is 10.6. The van der Waals surface area contributed by atoms with E-state index in [-0.39, 0.29) is 6.03 Å². The van der Waals surface area contributed by atoms with Crippen LogP contribution >= 0.6 is 0 Å². The molecule has 0 bridgehead atoms. The largest absolute Gasteiger partial charge is 0.323 e. The molecule has 3 aromatic carbocycles. The van der Waals surface area contributed by atoms with Crippen LogP contribution in [0.1, 0.15) is 5.56 Å². The van der Waals surface area contributed by atoms with E-state index in [0.717, 1.165) is 22.0 Å². The van der Waals surface area contributed by atoms with Crippen LogP contribution in [-0.4, -0.2) is 15.8 Å². The Balaban J connectivity index is 1.44. The fourth-order valence-corrected chi connectivity index (χ4v) is 2.90. The SMILES string of the molecule is O=C(Nc1cnn(Cc2ccccc2)c1)Nc1cccc2ccccc12. The van der Waals surface area contributed by atoms with E-state index in [0.29, 0.717) is 12.2 Å². The summed E-state index contributed by atoms with van der Waals surface area (Å²) in [6.45, 7) is 0.660. The third-order valence-electron chi connectivity index (χ3n) is 4.12. The van der Waals surface area contributed by atoms with E-state index in [1.165, 1.54) is 0 Å².